The molecule has 0 unspecified atom stereocenters. The van der Waals surface area contributed by atoms with Crippen LogP contribution in [0.3, 0.4) is 0 Å². The van der Waals surface area contributed by atoms with E-state index in [0.717, 1.165) is 17.9 Å². The zero-order valence-electron chi connectivity index (χ0n) is 10.1. The van der Waals surface area contributed by atoms with Crippen LogP contribution in [-0.2, 0) is 6.54 Å². The Morgan fingerprint density at radius 3 is 2.53 bits per heavy atom. The highest BCUT2D eigenvalue weighted by molar-refractivity contribution is 5.47. The van der Waals surface area contributed by atoms with Crippen LogP contribution in [-0.4, -0.2) is 17.6 Å². The molecule has 1 aromatic rings. The van der Waals surface area contributed by atoms with E-state index < -0.39 is 0 Å². The van der Waals surface area contributed by atoms with Gasteiger partial charge in [-0.05, 0) is 44.9 Å². The van der Waals surface area contributed by atoms with Gasteiger partial charge in [0.2, 0.25) is 0 Å². The van der Waals surface area contributed by atoms with Gasteiger partial charge in [-0.1, -0.05) is 0 Å². The molecule has 3 heteroatoms. The molecule has 84 valence electrons. The molecule has 1 rings (SSSR count). The molecule has 0 aliphatic rings. The standard InChI is InChI=1S/C12H21N3/c1-5-15(9(2)3)12-10(4)6-11(7-13)8-14-12/h6,8-9H,5,7,13H2,1-4H3. The summed E-state index contributed by atoms with van der Waals surface area (Å²) < 4.78 is 0. The van der Waals surface area contributed by atoms with Crippen LogP contribution in [0, 0.1) is 6.92 Å². The number of hydrogen-bond donors (Lipinski definition) is 1. The van der Waals surface area contributed by atoms with Crippen LogP contribution >= 0.6 is 0 Å². The summed E-state index contributed by atoms with van der Waals surface area (Å²) in [6.45, 7) is 10.1. The van der Waals surface area contributed by atoms with Gasteiger partial charge in [0, 0.05) is 25.3 Å². The van der Waals surface area contributed by atoms with Crippen molar-refractivity contribution in [3.63, 3.8) is 0 Å². The van der Waals surface area contributed by atoms with E-state index >= 15 is 0 Å². The number of nitrogens with two attached hydrogens (primary N) is 1. The summed E-state index contributed by atoms with van der Waals surface area (Å²) in [5.41, 5.74) is 7.88. The molecule has 1 aromatic heterocycles. The van der Waals surface area contributed by atoms with Crippen LogP contribution < -0.4 is 10.6 Å². The summed E-state index contributed by atoms with van der Waals surface area (Å²) in [5, 5.41) is 0. The molecule has 0 fully saturated rings. The van der Waals surface area contributed by atoms with Crippen LogP contribution in [0.4, 0.5) is 5.82 Å². The summed E-state index contributed by atoms with van der Waals surface area (Å²) in [6.07, 6.45) is 1.87. The van der Waals surface area contributed by atoms with E-state index in [1.165, 1.54) is 5.56 Å². The Hall–Kier alpha value is -1.09. The van der Waals surface area contributed by atoms with Crippen LogP contribution in [0.1, 0.15) is 31.9 Å². The third-order valence-electron chi connectivity index (χ3n) is 2.58. The number of hydrogen-bond acceptors (Lipinski definition) is 3. The van der Waals surface area contributed by atoms with E-state index in [1.807, 2.05) is 6.20 Å². The number of nitrogens with zero attached hydrogens (tertiary/aromatic N) is 2. The third-order valence-corrected chi connectivity index (χ3v) is 2.58. The van der Waals surface area contributed by atoms with Gasteiger partial charge < -0.3 is 10.6 Å². The Balaban J connectivity index is 3.03. The maximum absolute atomic E-state index is 5.58. The van der Waals surface area contributed by atoms with Gasteiger partial charge in [-0.2, -0.15) is 0 Å². The number of rotatable bonds is 4. The Morgan fingerprint density at radius 1 is 1.47 bits per heavy atom. The second-order valence-electron chi connectivity index (χ2n) is 4.07. The van der Waals surface area contributed by atoms with Gasteiger partial charge >= 0.3 is 0 Å². The lowest BCUT2D eigenvalue weighted by Gasteiger charge is -2.27. The van der Waals surface area contributed by atoms with Gasteiger partial charge in [-0.3, -0.25) is 0 Å². The first-order valence-corrected chi connectivity index (χ1v) is 5.52. The van der Waals surface area contributed by atoms with Crippen molar-refractivity contribution in [3.05, 3.63) is 23.4 Å². The van der Waals surface area contributed by atoms with Crippen molar-refractivity contribution in [1.29, 1.82) is 0 Å². The predicted molar refractivity (Wildman–Crippen MR) is 65.0 cm³/mol. The van der Waals surface area contributed by atoms with E-state index in [2.05, 4.69) is 43.6 Å². The lowest BCUT2D eigenvalue weighted by Crippen LogP contribution is -2.31. The fourth-order valence-corrected chi connectivity index (χ4v) is 1.80. The van der Waals surface area contributed by atoms with E-state index in [1.54, 1.807) is 0 Å². The highest BCUT2D eigenvalue weighted by atomic mass is 15.2. The molecule has 0 aliphatic carbocycles. The zero-order valence-corrected chi connectivity index (χ0v) is 10.1. The molecule has 0 atom stereocenters. The molecule has 0 saturated heterocycles. The van der Waals surface area contributed by atoms with Crippen LogP contribution in [0.5, 0.6) is 0 Å². The SMILES string of the molecule is CCN(c1ncc(CN)cc1C)C(C)C. The molecular weight excluding hydrogens is 186 g/mol. The maximum atomic E-state index is 5.58. The van der Waals surface area contributed by atoms with Gasteiger partial charge in [0.15, 0.2) is 0 Å². The van der Waals surface area contributed by atoms with Crippen molar-refractivity contribution in [2.75, 3.05) is 11.4 Å². The molecule has 15 heavy (non-hydrogen) atoms. The number of pyridine rings is 1. The molecular formula is C12H21N3. The summed E-state index contributed by atoms with van der Waals surface area (Å²) in [6, 6.07) is 2.60. The summed E-state index contributed by atoms with van der Waals surface area (Å²) in [5.74, 6) is 1.07. The average molecular weight is 207 g/mol. The maximum Gasteiger partial charge on any atom is 0.131 e. The first-order chi connectivity index (χ1) is 7.10. The predicted octanol–water partition coefficient (Wildman–Crippen LogP) is 2.08. The third kappa shape index (κ3) is 2.69. The van der Waals surface area contributed by atoms with Gasteiger partial charge in [0.1, 0.15) is 5.82 Å². The minimum Gasteiger partial charge on any atom is -0.354 e. The van der Waals surface area contributed by atoms with Crippen LogP contribution in [0.2, 0.25) is 0 Å². The average Bonchev–Trinajstić information content (AvgIpc) is 2.20. The van der Waals surface area contributed by atoms with Crippen molar-refractivity contribution in [3.8, 4) is 0 Å². The summed E-state index contributed by atoms with van der Waals surface area (Å²) in [7, 11) is 0. The van der Waals surface area contributed by atoms with Gasteiger partial charge in [0.25, 0.3) is 0 Å². The monoisotopic (exact) mass is 207 g/mol. The molecule has 0 saturated carbocycles. The molecule has 0 amide bonds. The number of aryl methyl sites for hydroxylation is 1. The zero-order chi connectivity index (χ0) is 11.4. The smallest absolute Gasteiger partial charge is 0.131 e. The minimum atomic E-state index is 0.477. The van der Waals surface area contributed by atoms with Crippen molar-refractivity contribution < 1.29 is 0 Å². The lowest BCUT2D eigenvalue weighted by molar-refractivity contribution is 0.690. The Kier molecular flexibility index (Phi) is 4.09. The Bertz CT molecular complexity index is 321. The van der Waals surface area contributed by atoms with E-state index in [9.17, 15) is 0 Å². The lowest BCUT2D eigenvalue weighted by atomic mass is 10.2. The van der Waals surface area contributed by atoms with Gasteiger partial charge in [-0.15, -0.1) is 0 Å². The molecule has 3 nitrogen and oxygen atoms in total. The second kappa shape index (κ2) is 5.12. The minimum absolute atomic E-state index is 0.477. The van der Waals surface area contributed by atoms with Crippen molar-refractivity contribution in [2.45, 2.75) is 40.3 Å². The normalized spacial score (nSPS) is 10.8. The van der Waals surface area contributed by atoms with Crippen LogP contribution in [0.25, 0.3) is 0 Å². The second-order valence-corrected chi connectivity index (χ2v) is 4.07. The largest absolute Gasteiger partial charge is 0.354 e. The highest BCUT2D eigenvalue weighted by Crippen LogP contribution is 2.19. The summed E-state index contributed by atoms with van der Waals surface area (Å²) in [4.78, 5) is 6.77. The molecule has 0 spiro atoms. The van der Waals surface area contributed by atoms with Gasteiger partial charge in [0.05, 0.1) is 0 Å². The quantitative estimate of drug-likeness (QED) is 0.822. The molecule has 0 aliphatic heterocycles. The Labute approximate surface area is 92.3 Å². The van der Waals surface area contributed by atoms with Crippen LogP contribution in [0.15, 0.2) is 12.3 Å². The Morgan fingerprint density at radius 2 is 2.13 bits per heavy atom. The van der Waals surface area contributed by atoms with Crippen molar-refractivity contribution >= 4 is 5.82 Å². The fourth-order valence-electron chi connectivity index (χ4n) is 1.80. The molecule has 0 radical (unpaired) electrons. The van der Waals surface area contributed by atoms with E-state index in [4.69, 9.17) is 5.73 Å². The van der Waals surface area contributed by atoms with E-state index in [-0.39, 0.29) is 0 Å². The first kappa shape index (κ1) is 12.0. The first-order valence-electron chi connectivity index (χ1n) is 5.52. The van der Waals surface area contributed by atoms with Gasteiger partial charge in [-0.25, -0.2) is 4.98 Å². The molecule has 1 heterocycles. The fraction of sp³-hybridized carbons (Fsp3) is 0.583. The topological polar surface area (TPSA) is 42.2 Å². The van der Waals surface area contributed by atoms with E-state index in [0.29, 0.717) is 12.6 Å². The number of anilines is 1. The van der Waals surface area contributed by atoms with Crippen molar-refractivity contribution in [2.24, 2.45) is 5.73 Å². The highest BCUT2D eigenvalue weighted by Gasteiger charge is 2.12. The molecule has 0 bridgehead atoms. The number of aromatic nitrogens is 1. The molecule has 2 N–H and O–H groups in total. The molecule has 0 aromatic carbocycles. The summed E-state index contributed by atoms with van der Waals surface area (Å²) >= 11 is 0. The van der Waals surface area contributed by atoms with Crippen molar-refractivity contribution in [1.82, 2.24) is 4.98 Å².